The highest BCUT2D eigenvalue weighted by atomic mass is 32.2. The number of carboxylic acids is 1. The Morgan fingerprint density at radius 1 is 1.29 bits per heavy atom. The first-order valence-electron chi connectivity index (χ1n) is 7.10. The van der Waals surface area contributed by atoms with Crippen LogP contribution in [0.15, 0.2) is 24.3 Å². The Morgan fingerprint density at radius 2 is 2.00 bits per heavy atom. The molecule has 116 valence electrons. The number of thioether (sulfide) groups is 1. The lowest BCUT2D eigenvalue weighted by molar-refractivity contribution is -0.138. The summed E-state index contributed by atoms with van der Waals surface area (Å²) in [6, 6.07) is 7.01. The van der Waals surface area contributed by atoms with Crippen LogP contribution in [0.3, 0.4) is 0 Å². The van der Waals surface area contributed by atoms with Crippen LogP contribution in [-0.4, -0.2) is 28.5 Å². The Bertz CT molecular complexity index is 488. The molecule has 1 atom stereocenters. The van der Waals surface area contributed by atoms with Crippen LogP contribution >= 0.6 is 11.8 Å². The number of benzene rings is 1. The number of carboxylic acid groups (broad SMARTS) is 1. The fourth-order valence-electron chi connectivity index (χ4n) is 1.71. The minimum atomic E-state index is -0.872. The minimum Gasteiger partial charge on any atom is -0.481 e. The van der Waals surface area contributed by atoms with E-state index in [-0.39, 0.29) is 5.91 Å². The van der Waals surface area contributed by atoms with Crippen LogP contribution in [0.5, 0.6) is 0 Å². The number of hydrogen-bond donors (Lipinski definition) is 2. The smallest absolute Gasteiger partial charge is 0.310 e. The molecule has 0 heterocycles. The maximum absolute atomic E-state index is 11.8. The summed E-state index contributed by atoms with van der Waals surface area (Å²) in [5, 5.41) is 11.8. The normalized spacial score (nSPS) is 12.2. The number of anilines is 1. The molecule has 0 saturated carbocycles. The van der Waals surface area contributed by atoms with E-state index in [4.69, 9.17) is 5.11 Å². The molecule has 0 fully saturated rings. The van der Waals surface area contributed by atoms with Gasteiger partial charge in [0.2, 0.25) is 5.91 Å². The summed E-state index contributed by atoms with van der Waals surface area (Å²) < 4.78 is 0. The maximum Gasteiger partial charge on any atom is 0.310 e. The fourth-order valence-corrected chi connectivity index (χ4v) is 2.75. The second kappa shape index (κ2) is 8.72. The van der Waals surface area contributed by atoms with Gasteiger partial charge >= 0.3 is 5.97 Å². The highest BCUT2D eigenvalue weighted by molar-refractivity contribution is 7.99. The summed E-state index contributed by atoms with van der Waals surface area (Å²) >= 11 is 1.62. The molecular weight excluding hydrogens is 286 g/mol. The van der Waals surface area contributed by atoms with E-state index in [2.05, 4.69) is 19.2 Å². The third-order valence-corrected chi connectivity index (χ3v) is 4.10. The lowest BCUT2D eigenvalue weighted by Gasteiger charge is -2.10. The number of hydrogen-bond acceptors (Lipinski definition) is 3. The van der Waals surface area contributed by atoms with Crippen LogP contribution in [0.4, 0.5) is 5.69 Å². The topological polar surface area (TPSA) is 66.4 Å². The summed E-state index contributed by atoms with van der Waals surface area (Å²) in [7, 11) is 0. The monoisotopic (exact) mass is 309 g/mol. The Labute approximate surface area is 130 Å². The molecule has 5 heteroatoms. The Morgan fingerprint density at radius 3 is 2.62 bits per heavy atom. The van der Waals surface area contributed by atoms with E-state index in [0.29, 0.717) is 22.9 Å². The van der Waals surface area contributed by atoms with Crippen molar-refractivity contribution in [3.63, 3.8) is 0 Å². The Hall–Kier alpha value is -1.49. The van der Waals surface area contributed by atoms with Gasteiger partial charge in [-0.05, 0) is 42.7 Å². The molecule has 1 aromatic carbocycles. The number of aliphatic carboxylic acids is 1. The standard InChI is InChI=1S/C16H23NO3S/c1-11(2)7-8-21-10-15(18)17-14-6-4-5-13(9-14)12(3)16(19)20/h4-6,9,11-12H,7-8,10H2,1-3H3,(H,17,18)(H,19,20). The fraction of sp³-hybridized carbons (Fsp3) is 0.500. The van der Waals surface area contributed by atoms with Gasteiger partial charge in [-0.2, -0.15) is 11.8 Å². The van der Waals surface area contributed by atoms with Crippen molar-refractivity contribution >= 4 is 29.3 Å². The van der Waals surface area contributed by atoms with Gasteiger partial charge in [-0.15, -0.1) is 0 Å². The number of rotatable bonds is 8. The molecule has 1 amide bonds. The highest BCUT2D eigenvalue weighted by Gasteiger charge is 2.14. The summed E-state index contributed by atoms with van der Waals surface area (Å²) in [5.41, 5.74) is 1.34. The van der Waals surface area contributed by atoms with E-state index >= 15 is 0 Å². The Kier molecular flexibility index (Phi) is 7.29. The maximum atomic E-state index is 11.8. The number of nitrogens with one attached hydrogen (secondary N) is 1. The van der Waals surface area contributed by atoms with Crippen molar-refractivity contribution in [3.05, 3.63) is 29.8 Å². The molecule has 0 aliphatic heterocycles. The molecule has 1 aromatic rings. The summed E-state index contributed by atoms with van der Waals surface area (Å²) in [6.07, 6.45) is 1.10. The molecule has 0 spiro atoms. The van der Waals surface area contributed by atoms with Crippen molar-refractivity contribution < 1.29 is 14.7 Å². The molecular formula is C16H23NO3S. The van der Waals surface area contributed by atoms with Gasteiger partial charge < -0.3 is 10.4 Å². The minimum absolute atomic E-state index is 0.0520. The van der Waals surface area contributed by atoms with Crippen molar-refractivity contribution in [1.82, 2.24) is 0 Å². The van der Waals surface area contributed by atoms with Gasteiger partial charge in [0.25, 0.3) is 0 Å². The van der Waals surface area contributed by atoms with Crippen molar-refractivity contribution in [2.24, 2.45) is 5.92 Å². The number of amides is 1. The SMILES string of the molecule is CC(C)CCSCC(=O)Nc1cccc(C(C)C(=O)O)c1. The third-order valence-electron chi connectivity index (χ3n) is 3.11. The lowest BCUT2D eigenvalue weighted by Crippen LogP contribution is -2.15. The van der Waals surface area contributed by atoms with Crippen LogP contribution in [0.1, 0.15) is 38.7 Å². The zero-order chi connectivity index (χ0) is 15.8. The van der Waals surface area contributed by atoms with E-state index in [9.17, 15) is 9.59 Å². The third kappa shape index (κ3) is 6.67. The van der Waals surface area contributed by atoms with Crippen LogP contribution in [0.25, 0.3) is 0 Å². The largest absolute Gasteiger partial charge is 0.481 e. The first kappa shape index (κ1) is 17.6. The molecule has 4 nitrogen and oxygen atoms in total. The van der Waals surface area contributed by atoms with E-state index < -0.39 is 11.9 Å². The lowest BCUT2D eigenvalue weighted by atomic mass is 10.0. The van der Waals surface area contributed by atoms with Gasteiger partial charge in [0.1, 0.15) is 0 Å². The van der Waals surface area contributed by atoms with Crippen LogP contribution < -0.4 is 5.32 Å². The van der Waals surface area contributed by atoms with E-state index in [1.54, 1.807) is 43.0 Å². The molecule has 0 aliphatic rings. The Balaban J connectivity index is 2.49. The quantitative estimate of drug-likeness (QED) is 0.720. The van der Waals surface area contributed by atoms with Gasteiger partial charge in [0.05, 0.1) is 11.7 Å². The molecule has 0 bridgehead atoms. The molecule has 0 radical (unpaired) electrons. The second-order valence-electron chi connectivity index (χ2n) is 5.47. The van der Waals surface area contributed by atoms with Crippen molar-refractivity contribution in [3.8, 4) is 0 Å². The summed E-state index contributed by atoms with van der Waals surface area (Å²) in [4.78, 5) is 22.8. The van der Waals surface area contributed by atoms with Crippen molar-refractivity contribution in [2.45, 2.75) is 33.1 Å². The van der Waals surface area contributed by atoms with E-state index in [1.165, 1.54) is 0 Å². The van der Waals surface area contributed by atoms with Crippen LogP contribution in [0, 0.1) is 5.92 Å². The number of carbonyl (C=O) groups excluding carboxylic acids is 1. The van der Waals surface area contributed by atoms with Gasteiger partial charge in [-0.25, -0.2) is 0 Å². The predicted molar refractivity (Wildman–Crippen MR) is 87.9 cm³/mol. The molecule has 0 aromatic heterocycles. The van der Waals surface area contributed by atoms with Crippen molar-refractivity contribution in [1.29, 1.82) is 0 Å². The molecule has 2 N–H and O–H groups in total. The summed E-state index contributed by atoms with van der Waals surface area (Å²) in [5.74, 6) is 0.538. The summed E-state index contributed by atoms with van der Waals surface area (Å²) in [6.45, 7) is 5.95. The first-order valence-corrected chi connectivity index (χ1v) is 8.26. The molecule has 1 unspecified atom stereocenters. The number of carbonyl (C=O) groups is 2. The molecule has 0 saturated heterocycles. The zero-order valence-electron chi connectivity index (χ0n) is 12.8. The predicted octanol–water partition coefficient (Wildman–Crippen LogP) is 3.59. The van der Waals surface area contributed by atoms with E-state index in [1.807, 2.05) is 0 Å². The zero-order valence-corrected chi connectivity index (χ0v) is 13.6. The molecule has 1 rings (SSSR count). The molecule has 21 heavy (non-hydrogen) atoms. The van der Waals surface area contributed by atoms with Crippen molar-refractivity contribution in [2.75, 3.05) is 16.8 Å². The van der Waals surface area contributed by atoms with Gasteiger partial charge in [-0.3, -0.25) is 9.59 Å². The molecule has 0 aliphatic carbocycles. The van der Waals surface area contributed by atoms with Gasteiger partial charge in [0.15, 0.2) is 0 Å². The van der Waals surface area contributed by atoms with Crippen LogP contribution in [-0.2, 0) is 9.59 Å². The average molecular weight is 309 g/mol. The second-order valence-corrected chi connectivity index (χ2v) is 6.57. The van der Waals surface area contributed by atoms with Gasteiger partial charge in [0, 0.05) is 5.69 Å². The average Bonchev–Trinajstić information content (AvgIpc) is 2.42. The van der Waals surface area contributed by atoms with E-state index in [0.717, 1.165) is 12.2 Å². The van der Waals surface area contributed by atoms with Gasteiger partial charge in [-0.1, -0.05) is 26.0 Å². The first-order chi connectivity index (χ1) is 9.90. The highest BCUT2D eigenvalue weighted by Crippen LogP contribution is 2.19. The van der Waals surface area contributed by atoms with Crippen LogP contribution in [0.2, 0.25) is 0 Å².